The van der Waals surface area contributed by atoms with Gasteiger partial charge in [0.2, 0.25) is 0 Å². The minimum atomic E-state index is -1.51. The number of carbonyl (C=O) groups is 1. The van der Waals surface area contributed by atoms with E-state index in [0.29, 0.717) is 17.8 Å². The van der Waals surface area contributed by atoms with Crippen molar-refractivity contribution >= 4 is 5.97 Å². The fourth-order valence-corrected chi connectivity index (χ4v) is 12.6. The molecule has 0 aromatic heterocycles. The lowest BCUT2D eigenvalue weighted by Gasteiger charge is -2.69. The molecule has 7 unspecified atom stereocenters. The van der Waals surface area contributed by atoms with Crippen LogP contribution in [0.5, 0.6) is 0 Å². The van der Waals surface area contributed by atoms with Crippen LogP contribution < -0.4 is 0 Å². The first-order chi connectivity index (χ1) is 21.5. The number of carbonyl (C=O) groups excluding carboxylic acids is 1. The molecule has 6 rings (SSSR count). The summed E-state index contributed by atoms with van der Waals surface area (Å²) in [7, 11) is 0. The lowest BCUT2D eigenvalue weighted by atomic mass is 9.36. The van der Waals surface area contributed by atoms with Crippen LogP contribution in [0, 0.1) is 50.7 Å². The predicted octanol–water partition coefficient (Wildman–Crippen LogP) is 4.48. The van der Waals surface area contributed by atoms with E-state index < -0.39 is 61.3 Å². The predicted molar refractivity (Wildman–Crippen MR) is 170 cm³/mol. The Morgan fingerprint density at radius 2 is 1.61 bits per heavy atom. The summed E-state index contributed by atoms with van der Waals surface area (Å²) in [6, 6.07) is 0. The van der Waals surface area contributed by atoms with Crippen molar-refractivity contribution in [3.63, 3.8) is 0 Å². The molecule has 5 fully saturated rings. The zero-order chi connectivity index (χ0) is 33.6. The summed E-state index contributed by atoms with van der Waals surface area (Å²) in [5.74, 6) is 0.489. The highest BCUT2D eigenvalue weighted by Crippen LogP contribution is 2.72. The van der Waals surface area contributed by atoms with Crippen molar-refractivity contribution in [2.24, 2.45) is 50.7 Å². The molecule has 8 nitrogen and oxygen atoms in total. The Labute approximate surface area is 274 Å². The van der Waals surface area contributed by atoms with Crippen LogP contribution in [-0.2, 0) is 14.3 Å². The molecule has 1 heterocycles. The molecule has 0 amide bonds. The van der Waals surface area contributed by atoms with Crippen LogP contribution in [0.2, 0.25) is 0 Å². The molecule has 1 aliphatic heterocycles. The summed E-state index contributed by atoms with van der Waals surface area (Å²) >= 11 is 0. The molecule has 0 aromatic rings. The Morgan fingerprint density at radius 1 is 0.913 bits per heavy atom. The van der Waals surface area contributed by atoms with Gasteiger partial charge in [0.25, 0.3) is 0 Å². The van der Waals surface area contributed by atoms with E-state index in [9.17, 15) is 34.7 Å². The maximum atomic E-state index is 13.1. The van der Waals surface area contributed by atoms with Gasteiger partial charge in [0.15, 0.2) is 6.67 Å². The van der Waals surface area contributed by atoms with Crippen LogP contribution in [0.25, 0.3) is 0 Å². The molecule has 4 saturated carbocycles. The molecule has 9 heteroatoms. The van der Waals surface area contributed by atoms with Gasteiger partial charge in [-0.05, 0) is 104 Å². The highest BCUT2D eigenvalue weighted by atomic mass is 19.1. The molecule has 14 atom stereocenters. The first kappa shape index (κ1) is 34.8. The Hall–Kier alpha value is -1.10. The number of esters is 1. The van der Waals surface area contributed by atoms with Crippen LogP contribution in [0.4, 0.5) is 4.39 Å². The zero-order valence-electron chi connectivity index (χ0n) is 28.8. The molecular formula is C37H59FO8. The number of alkyl halides is 1. The van der Waals surface area contributed by atoms with Crippen LogP contribution in [0.15, 0.2) is 11.6 Å². The molecule has 0 spiro atoms. The molecular weight excluding hydrogens is 591 g/mol. The minimum absolute atomic E-state index is 0.0490. The topological polar surface area (TPSA) is 137 Å². The minimum Gasteiger partial charge on any atom is -0.460 e. The third-order valence-electron chi connectivity index (χ3n) is 15.1. The van der Waals surface area contributed by atoms with Crippen molar-refractivity contribution in [2.75, 3.05) is 13.3 Å². The maximum absolute atomic E-state index is 13.1. The zero-order valence-corrected chi connectivity index (χ0v) is 28.8. The number of rotatable bonds is 5. The van der Waals surface area contributed by atoms with Crippen molar-refractivity contribution in [2.45, 2.75) is 148 Å². The number of aliphatic hydroxyl groups excluding tert-OH is 5. The van der Waals surface area contributed by atoms with Gasteiger partial charge in [0, 0.05) is 10.8 Å². The van der Waals surface area contributed by atoms with E-state index in [1.807, 2.05) is 0 Å². The average Bonchev–Trinajstić information content (AvgIpc) is 3.00. The monoisotopic (exact) mass is 650 g/mol. The molecule has 0 bridgehead atoms. The van der Waals surface area contributed by atoms with Gasteiger partial charge in [-0.25, -0.2) is 9.18 Å². The SMILES string of the molecule is CC1(C)CC[C@]2([C@H](O)[C@H]3OC(CO)[C@H](O)C(O)C3O)CCC3C(=CCC4[C@@]3(C)CCC3C(C)(C)[C@@H](OC(=O)CF)CC[C@@]34C)C2C1. The summed E-state index contributed by atoms with van der Waals surface area (Å²) in [5, 5.41) is 54.2. The Kier molecular flexibility index (Phi) is 8.88. The molecule has 46 heavy (non-hydrogen) atoms. The lowest BCUT2D eigenvalue weighted by molar-refractivity contribution is -0.270. The van der Waals surface area contributed by atoms with Gasteiger partial charge in [-0.15, -0.1) is 0 Å². The highest BCUT2D eigenvalue weighted by Gasteiger charge is 2.67. The van der Waals surface area contributed by atoms with E-state index in [2.05, 4.69) is 47.6 Å². The van der Waals surface area contributed by atoms with Gasteiger partial charge < -0.3 is 35.0 Å². The quantitative estimate of drug-likeness (QED) is 0.217. The summed E-state index contributed by atoms with van der Waals surface area (Å²) in [5.41, 5.74) is 0.827. The number of hydrogen-bond acceptors (Lipinski definition) is 8. The Morgan fingerprint density at radius 3 is 2.28 bits per heavy atom. The second-order valence-corrected chi connectivity index (χ2v) is 18.1. The van der Waals surface area contributed by atoms with Crippen molar-refractivity contribution in [1.29, 1.82) is 0 Å². The molecule has 5 N–H and O–H groups in total. The van der Waals surface area contributed by atoms with Crippen molar-refractivity contribution in [3.8, 4) is 0 Å². The fraction of sp³-hybridized carbons (Fsp3) is 0.919. The van der Waals surface area contributed by atoms with E-state index in [1.54, 1.807) is 0 Å². The molecule has 0 aromatic carbocycles. The van der Waals surface area contributed by atoms with E-state index in [-0.39, 0.29) is 33.7 Å². The smallest absolute Gasteiger partial charge is 0.337 e. The van der Waals surface area contributed by atoms with Crippen LogP contribution in [0.1, 0.15) is 106 Å². The van der Waals surface area contributed by atoms with E-state index in [0.717, 1.165) is 64.2 Å². The molecule has 6 aliphatic rings. The Balaban J connectivity index is 1.33. The number of allylic oxidation sites excluding steroid dienone is 2. The number of halogens is 1. The molecule has 0 radical (unpaired) electrons. The van der Waals surface area contributed by atoms with Crippen LogP contribution >= 0.6 is 0 Å². The number of ether oxygens (including phenoxy) is 2. The first-order valence-corrected chi connectivity index (χ1v) is 17.9. The standard InChI is InChI=1S/C37H59FO8/c1-33(2)15-16-37(32(44)31-30(43)29(42)28(41)23(19-39)45-31)14-9-21-20(22(37)17-33)7-8-25-35(21,5)12-10-24-34(3,4)26(46-27(40)18-38)11-13-36(24,25)6/h7,21-26,28-32,39,41-44H,8-19H2,1-6H3/t21?,22?,23?,24?,25?,26-,28-,29?,30?,31-,32+,35-,36-,37+/m0/s1. The van der Waals surface area contributed by atoms with Gasteiger partial charge >= 0.3 is 5.97 Å². The molecule has 1 saturated heterocycles. The van der Waals surface area contributed by atoms with E-state index in [4.69, 9.17) is 9.47 Å². The van der Waals surface area contributed by atoms with Gasteiger partial charge in [0.1, 0.15) is 36.6 Å². The highest BCUT2D eigenvalue weighted by molar-refractivity contribution is 5.70. The lowest BCUT2D eigenvalue weighted by Crippen LogP contribution is -2.67. The second kappa shape index (κ2) is 11.8. The molecule has 262 valence electrons. The van der Waals surface area contributed by atoms with E-state index in [1.165, 1.54) is 5.57 Å². The van der Waals surface area contributed by atoms with Gasteiger partial charge in [-0.3, -0.25) is 0 Å². The second-order valence-electron chi connectivity index (χ2n) is 18.1. The van der Waals surface area contributed by atoms with E-state index >= 15 is 0 Å². The number of aliphatic hydroxyl groups is 5. The fourth-order valence-electron chi connectivity index (χ4n) is 12.6. The summed E-state index contributed by atoms with van der Waals surface area (Å²) in [4.78, 5) is 12.0. The van der Waals surface area contributed by atoms with Crippen molar-refractivity contribution in [1.82, 2.24) is 0 Å². The van der Waals surface area contributed by atoms with Gasteiger partial charge in [0.05, 0.1) is 12.7 Å². The third-order valence-corrected chi connectivity index (χ3v) is 15.1. The van der Waals surface area contributed by atoms with Crippen molar-refractivity contribution < 1.29 is 44.2 Å². The molecule has 5 aliphatic carbocycles. The van der Waals surface area contributed by atoms with Gasteiger partial charge in [-0.2, -0.15) is 0 Å². The first-order valence-electron chi connectivity index (χ1n) is 17.9. The average molecular weight is 651 g/mol. The van der Waals surface area contributed by atoms with Crippen LogP contribution in [-0.4, -0.2) is 87.5 Å². The van der Waals surface area contributed by atoms with Gasteiger partial charge in [-0.1, -0.05) is 53.2 Å². The normalized spacial score (nSPS) is 50.1. The van der Waals surface area contributed by atoms with Crippen molar-refractivity contribution in [3.05, 3.63) is 11.6 Å². The number of fused-ring (bicyclic) bond motifs is 7. The largest absolute Gasteiger partial charge is 0.460 e. The third kappa shape index (κ3) is 5.07. The Bertz CT molecular complexity index is 1200. The number of hydrogen-bond donors (Lipinski definition) is 5. The summed E-state index contributed by atoms with van der Waals surface area (Å²) < 4.78 is 24.8. The summed E-state index contributed by atoms with van der Waals surface area (Å²) in [6.07, 6.45) is 3.60. The van der Waals surface area contributed by atoms with Crippen LogP contribution in [0.3, 0.4) is 0 Å². The summed E-state index contributed by atoms with van der Waals surface area (Å²) in [6.45, 7) is 12.4. The maximum Gasteiger partial charge on any atom is 0.337 e.